The Morgan fingerprint density at radius 1 is 0.933 bits per heavy atom. The van der Waals surface area contributed by atoms with Crippen LogP contribution in [0.5, 0.6) is 0 Å². The Labute approximate surface area is 91.8 Å². The summed E-state index contributed by atoms with van der Waals surface area (Å²) in [6.07, 6.45) is 8.72. The van der Waals surface area contributed by atoms with Crippen LogP contribution in [0.1, 0.15) is 44.9 Å². The van der Waals surface area contributed by atoms with E-state index in [1.807, 2.05) is 0 Å². The number of ketones is 1. The molecule has 0 aromatic carbocycles. The van der Waals surface area contributed by atoms with E-state index < -0.39 is 0 Å². The molecule has 2 aliphatic carbocycles. The SMILES string of the molecule is O=C1C2CCCCC2CNC2CCCC12. The van der Waals surface area contributed by atoms with E-state index >= 15 is 0 Å². The molecule has 1 aliphatic heterocycles. The second-order valence-electron chi connectivity index (χ2n) is 5.61. The monoisotopic (exact) mass is 207 g/mol. The Kier molecular flexibility index (Phi) is 2.55. The van der Waals surface area contributed by atoms with Crippen molar-refractivity contribution in [1.29, 1.82) is 0 Å². The van der Waals surface area contributed by atoms with Gasteiger partial charge in [0, 0.05) is 17.9 Å². The fourth-order valence-corrected chi connectivity index (χ4v) is 3.95. The average molecular weight is 207 g/mol. The average Bonchev–Trinajstić information content (AvgIpc) is 2.69. The number of fused-ring (bicyclic) bond motifs is 2. The van der Waals surface area contributed by atoms with E-state index in [0.717, 1.165) is 13.0 Å². The molecule has 3 aliphatic rings. The Hall–Kier alpha value is -0.370. The molecule has 3 fully saturated rings. The van der Waals surface area contributed by atoms with Gasteiger partial charge in [-0.05, 0) is 38.1 Å². The molecule has 0 bridgehead atoms. The molecule has 0 aromatic rings. The van der Waals surface area contributed by atoms with Crippen molar-refractivity contribution >= 4 is 5.78 Å². The number of nitrogens with one attached hydrogen (secondary N) is 1. The van der Waals surface area contributed by atoms with E-state index in [0.29, 0.717) is 29.6 Å². The minimum Gasteiger partial charge on any atom is -0.313 e. The zero-order valence-electron chi connectivity index (χ0n) is 9.37. The molecule has 1 heterocycles. The molecule has 1 saturated heterocycles. The van der Waals surface area contributed by atoms with Crippen molar-refractivity contribution in [2.24, 2.45) is 17.8 Å². The van der Waals surface area contributed by atoms with Crippen LogP contribution in [0.2, 0.25) is 0 Å². The van der Waals surface area contributed by atoms with Gasteiger partial charge in [-0.3, -0.25) is 4.79 Å². The van der Waals surface area contributed by atoms with Gasteiger partial charge in [-0.15, -0.1) is 0 Å². The van der Waals surface area contributed by atoms with Gasteiger partial charge in [0.1, 0.15) is 5.78 Å². The summed E-state index contributed by atoms with van der Waals surface area (Å²) >= 11 is 0. The number of hydrogen-bond donors (Lipinski definition) is 1. The third-order valence-electron chi connectivity index (χ3n) is 4.80. The van der Waals surface area contributed by atoms with Crippen molar-refractivity contribution in [2.45, 2.75) is 51.0 Å². The normalized spacial score (nSPS) is 45.7. The number of hydrogen-bond acceptors (Lipinski definition) is 2. The van der Waals surface area contributed by atoms with Gasteiger partial charge in [-0.25, -0.2) is 0 Å². The van der Waals surface area contributed by atoms with Crippen molar-refractivity contribution in [1.82, 2.24) is 5.32 Å². The second kappa shape index (κ2) is 3.89. The van der Waals surface area contributed by atoms with Crippen molar-refractivity contribution in [3.8, 4) is 0 Å². The second-order valence-corrected chi connectivity index (χ2v) is 5.61. The Morgan fingerprint density at radius 3 is 2.67 bits per heavy atom. The molecule has 4 unspecified atom stereocenters. The van der Waals surface area contributed by atoms with Crippen LogP contribution in [-0.2, 0) is 4.79 Å². The lowest BCUT2D eigenvalue weighted by Gasteiger charge is -2.29. The first-order valence-electron chi connectivity index (χ1n) is 6.63. The Balaban J connectivity index is 1.82. The lowest BCUT2D eigenvalue weighted by atomic mass is 9.74. The van der Waals surface area contributed by atoms with E-state index in [9.17, 15) is 4.79 Å². The quantitative estimate of drug-likeness (QED) is 0.659. The van der Waals surface area contributed by atoms with Crippen LogP contribution in [-0.4, -0.2) is 18.4 Å². The van der Waals surface area contributed by atoms with Crippen molar-refractivity contribution in [3.05, 3.63) is 0 Å². The maximum Gasteiger partial charge on any atom is 0.140 e. The molecule has 2 nitrogen and oxygen atoms in total. The summed E-state index contributed by atoms with van der Waals surface area (Å²) in [5.74, 6) is 2.07. The molecular formula is C13H21NO. The van der Waals surface area contributed by atoms with Crippen molar-refractivity contribution in [2.75, 3.05) is 6.54 Å². The van der Waals surface area contributed by atoms with Gasteiger partial charge >= 0.3 is 0 Å². The first-order valence-corrected chi connectivity index (χ1v) is 6.63. The first-order chi connectivity index (χ1) is 7.36. The summed E-state index contributed by atoms with van der Waals surface area (Å²) in [4.78, 5) is 12.4. The summed E-state index contributed by atoms with van der Waals surface area (Å²) in [6, 6.07) is 0.531. The predicted octanol–water partition coefficient (Wildman–Crippen LogP) is 2.13. The van der Waals surface area contributed by atoms with Crippen LogP contribution in [0.3, 0.4) is 0 Å². The predicted molar refractivity (Wildman–Crippen MR) is 59.6 cm³/mol. The van der Waals surface area contributed by atoms with Gasteiger partial charge in [0.05, 0.1) is 0 Å². The highest BCUT2D eigenvalue weighted by atomic mass is 16.1. The molecule has 0 amide bonds. The number of rotatable bonds is 0. The molecule has 84 valence electrons. The number of Topliss-reactive ketones (excluding diaryl/α,β-unsaturated/α-hetero) is 1. The van der Waals surface area contributed by atoms with Gasteiger partial charge in [-0.2, -0.15) is 0 Å². The summed E-state index contributed by atoms with van der Waals surface area (Å²) in [5, 5.41) is 3.65. The maximum absolute atomic E-state index is 12.4. The molecule has 0 spiro atoms. The number of carbonyl (C=O) groups excluding carboxylic acids is 1. The van der Waals surface area contributed by atoms with Crippen LogP contribution in [0.4, 0.5) is 0 Å². The molecule has 2 heteroatoms. The van der Waals surface area contributed by atoms with E-state index in [2.05, 4.69) is 5.32 Å². The number of carbonyl (C=O) groups is 1. The van der Waals surface area contributed by atoms with Gasteiger partial charge < -0.3 is 5.32 Å². The van der Waals surface area contributed by atoms with Crippen molar-refractivity contribution < 1.29 is 4.79 Å². The molecule has 0 aromatic heterocycles. The Bertz CT molecular complexity index is 263. The molecule has 4 atom stereocenters. The minimum atomic E-state index is 0.373. The third-order valence-corrected chi connectivity index (χ3v) is 4.80. The lowest BCUT2D eigenvalue weighted by molar-refractivity contribution is -0.128. The van der Waals surface area contributed by atoms with Crippen LogP contribution >= 0.6 is 0 Å². The fraction of sp³-hybridized carbons (Fsp3) is 0.923. The molecule has 2 saturated carbocycles. The highest BCUT2D eigenvalue weighted by Crippen LogP contribution is 2.39. The lowest BCUT2D eigenvalue weighted by Crippen LogP contribution is -2.34. The van der Waals surface area contributed by atoms with Crippen LogP contribution < -0.4 is 5.32 Å². The summed E-state index contributed by atoms with van der Waals surface area (Å²) in [7, 11) is 0. The smallest absolute Gasteiger partial charge is 0.140 e. The van der Waals surface area contributed by atoms with Gasteiger partial charge in [0.2, 0.25) is 0 Å². The summed E-state index contributed by atoms with van der Waals surface area (Å²) in [5.41, 5.74) is 0. The summed E-state index contributed by atoms with van der Waals surface area (Å²) < 4.78 is 0. The Morgan fingerprint density at radius 2 is 1.73 bits per heavy atom. The van der Waals surface area contributed by atoms with Gasteiger partial charge in [0.25, 0.3) is 0 Å². The highest BCUT2D eigenvalue weighted by molar-refractivity contribution is 5.85. The standard InChI is InChI=1S/C13H21NO/c15-13-10-5-2-1-4-9(10)8-14-12-7-3-6-11(12)13/h9-12,14H,1-8H2. The van der Waals surface area contributed by atoms with E-state index in [-0.39, 0.29) is 0 Å². The molecular weight excluding hydrogens is 186 g/mol. The minimum absolute atomic E-state index is 0.373. The molecule has 0 radical (unpaired) electrons. The van der Waals surface area contributed by atoms with Crippen LogP contribution in [0.25, 0.3) is 0 Å². The van der Waals surface area contributed by atoms with Crippen LogP contribution in [0.15, 0.2) is 0 Å². The fourth-order valence-electron chi connectivity index (χ4n) is 3.95. The van der Waals surface area contributed by atoms with E-state index in [1.54, 1.807) is 0 Å². The molecule has 1 N–H and O–H groups in total. The van der Waals surface area contributed by atoms with Crippen molar-refractivity contribution in [3.63, 3.8) is 0 Å². The zero-order valence-corrected chi connectivity index (χ0v) is 9.37. The largest absolute Gasteiger partial charge is 0.313 e. The van der Waals surface area contributed by atoms with Gasteiger partial charge in [-0.1, -0.05) is 19.3 Å². The topological polar surface area (TPSA) is 29.1 Å². The van der Waals surface area contributed by atoms with E-state index in [1.165, 1.54) is 38.5 Å². The van der Waals surface area contributed by atoms with Gasteiger partial charge in [0.15, 0.2) is 0 Å². The first kappa shape index (κ1) is 9.83. The zero-order chi connectivity index (χ0) is 10.3. The molecule has 15 heavy (non-hydrogen) atoms. The third kappa shape index (κ3) is 1.63. The summed E-state index contributed by atoms with van der Waals surface area (Å²) in [6.45, 7) is 1.11. The molecule has 3 rings (SSSR count). The highest BCUT2D eigenvalue weighted by Gasteiger charge is 2.42. The van der Waals surface area contributed by atoms with E-state index in [4.69, 9.17) is 0 Å². The maximum atomic E-state index is 12.4. The van der Waals surface area contributed by atoms with Crippen LogP contribution in [0, 0.1) is 17.8 Å².